The maximum absolute atomic E-state index is 14.1. The summed E-state index contributed by atoms with van der Waals surface area (Å²) in [6.45, 7) is 6.67. The SMILES string of the molecule is CCOc1ccc(C[C@@H](NC(=O)CCSSC)C(=O)N[C@H](C(=O)N[C@H](C2=NC(=O)C[C@@H](C(=O)NCC(=O)N3CCC[C@H]3C(=O)N[C@@H](CCCN)C(=O)NCC(N)=O)N2)[C@@H](C)O)[C@@H](C)CC)cc1. The number of nitrogens with zero attached hydrogens (tertiary/aromatic N) is 2. The van der Waals surface area contributed by atoms with Crippen molar-refractivity contribution < 1.29 is 53.0 Å². The Morgan fingerprint density at radius 2 is 1.66 bits per heavy atom. The van der Waals surface area contributed by atoms with Crippen molar-refractivity contribution in [2.75, 3.05) is 44.8 Å². The number of amidine groups is 1. The Labute approximate surface area is 398 Å². The van der Waals surface area contributed by atoms with Crippen LogP contribution in [-0.2, 0) is 49.6 Å². The van der Waals surface area contributed by atoms with Gasteiger partial charge in [0.25, 0.3) is 0 Å². The van der Waals surface area contributed by atoms with Crippen molar-refractivity contribution in [2.24, 2.45) is 22.4 Å². The lowest BCUT2D eigenvalue weighted by Gasteiger charge is -2.32. The quantitative estimate of drug-likeness (QED) is 0.0325. The molecule has 9 amide bonds. The van der Waals surface area contributed by atoms with E-state index >= 15 is 0 Å². The van der Waals surface area contributed by atoms with E-state index in [1.165, 1.54) is 33.4 Å². The van der Waals surface area contributed by atoms with Gasteiger partial charge in [0.1, 0.15) is 47.8 Å². The number of ether oxygens (including phenoxy) is 1. The molecule has 0 aliphatic carbocycles. The summed E-state index contributed by atoms with van der Waals surface area (Å²) in [4.78, 5) is 123. The fourth-order valence-corrected chi connectivity index (χ4v) is 8.43. The minimum absolute atomic E-state index is 0.105. The number of nitrogens with two attached hydrogens (primary N) is 2. The standard InChI is InChI=1S/C43H67N11O11S2/c1-6-24(3)36(52-41(62)29(48-33(57)16-19-67-66-5)20-26-12-14-27(15-13-26)65-7-2)43(64)53-37(25(4)55)38-49-30(21-34(58)51-38)40(61)47-23-35(59)54-18-9-11-31(54)42(63)50-28(10-8-17-44)39(60)46-22-32(45)56/h12-15,24-25,28-31,36-37,55H,6-11,16-23,44H2,1-5H3,(H2,45,56)(H,46,60)(H,47,61)(H,48,57)(H,50,63)(H,52,62)(H,53,64)(H,49,51,58)/t24-,25+,28-,29+,30-,31-,36-,37-/m0/s1. The zero-order valence-corrected chi connectivity index (χ0v) is 40.4. The zero-order chi connectivity index (χ0) is 49.6. The first-order valence-corrected chi connectivity index (χ1v) is 25.1. The number of hydrogen-bond donors (Lipinski definition) is 10. The number of carbonyl (C=O) groups excluding carboxylic acids is 9. The number of benzene rings is 1. The Morgan fingerprint density at radius 3 is 2.28 bits per heavy atom. The van der Waals surface area contributed by atoms with Gasteiger partial charge in [0.2, 0.25) is 53.2 Å². The number of amides is 9. The van der Waals surface area contributed by atoms with Gasteiger partial charge >= 0.3 is 0 Å². The van der Waals surface area contributed by atoms with E-state index in [4.69, 9.17) is 16.2 Å². The molecule has 67 heavy (non-hydrogen) atoms. The number of aliphatic hydroxyl groups excluding tert-OH is 1. The summed E-state index contributed by atoms with van der Waals surface area (Å²) in [5.41, 5.74) is 11.5. The minimum Gasteiger partial charge on any atom is -0.494 e. The molecule has 0 radical (unpaired) electrons. The van der Waals surface area contributed by atoms with Crippen LogP contribution in [0.4, 0.5) is 0 Å². The summed E-state index contributed by atoms with van der Waals surface area (Å²) < 4.78 is 5.53. The lowest BCUT2D eigenvalue weighted by molar-refractivity contribution is -0.140. The molecule has 2 aliphatic rings. The first-order chi connectivity index (χ1) is 31.9. The molecule has 12 N–H and O–H groups in total. The molecule has 0 spiro atoms. The van der Waals surface area contributed by atoms with Gasteiger partial charge in [0, 0.05) is 25.1 Å². The molecule has 0 unspecified atom stereocenters. The minimum atomic E-state index is -1.37. The van der Waals surface area contributed by atoms with Gasteiger partial charge in [-0.15, -0.1) is 0 Å². The van der Waals surface area contributed by atoms with E-state index in [1.807, 2.05) is 20.1 Å². The van der Waals surface area contributed by atoms with E-state index in [-0.39, 0.29) is 50.5 Å². The molecule has 372 valence electrons. The Balaban J connectivity index is 1.70. The van der Waals surface area contributed by atoms with Crippen LogP contribution in [0.1, 0.15) is 78.2 Å². The second kappa shape index (κ2) is 28.7. The molecule has 3 rings (SSSR count). The van der Waals surface area contributed by atoms with E-state index in [0.717, 1.165) is 5.56 Å². The molecule has 1 aromatic rings. The van der Waals surface area contributed by atoms with Gasteiger partial charge in [-0.1, -0.05) is 54.0 Å². The summed E-state index contributed by atoms with van der Waals surface area (Å²) in [6.07, 6.45) is 2.09. The largest absolute Gasteiger partial charge is 0.494 e. The topological polar surface area (TPSA) is 335 Å². The highest BCUT2D eigenvalue weighted by Gasteiger charge is 2.39. The van der Waals surface area contributed by atoms with Crippen molar-refractivity contribution in [1.29, 1.82) is 0 Å². The third-order valence-corrected chi connectivity index (χ3v) is 12.9. The average molecular weight is 978 g/mol. The van der Waals surface area contributed by atoms with Crippen molar-refractivity contribution in [2.45, 2.75) is 121 Å². The fourth-order valence-electron chi connectivity index (χ4n) is 7.25. The lowest BCUT2D eigenvalue weighted by atomic mass is 9.96. The molecule has 2 heterocycles. The number of carbonyl (C=O) groups is 9. The third-order valence-electron chi connectivity index (χ3n) is 11.0. The van der Waals surface area contributed by atoms with Crippen LogP contribution in [0.15, 0.2) is 29.3 Å². The second-order valence-electron chi connectivity index (χ2n) is 16.2. The van der Waals surface area contributed by atoms with Crippen LogP contribution < -0.4 is 53.4 Å². The molecule has 0 bridgehead atoms. The maximum Gasteiger partial charge on any atom is 0.250 e. The summed E-state index contributed by atoms with van der Waals surface area (Å²) in [6, 6.07) is 0.198. The van der Waals surface area contributed by atoms with Gasteiger partial charge in [-0.05, 0) is 75.9 Å². The van der Waals surface area contributed by atoms with Crippen LogP contribution in [0.5, 0.6) is 5.75 Å². The van der Waals surface area contributed by atoms with Gasteiger partial charge in [-0.25, -0.2) is 0 Å². The number of nitrogens with one attached hydrogen (secondary N) is 7. The molecule has 22 nitrogen and oxygen atoms in total. The van der Waals surface area contributed by atoms with E-state index in [9.17, 15) is 48.3 Å². The van der Waals surface area contributed by atoms with Crippen LogP contribution in [0.25, 0.3) is 0 Å². The first-order valence-electron chi connectivity index (χ1n) is 22.4. The van der Waals surface area contributed by atoms with Crippen molar-refractivity contribution >= 4 is 80.6 Å². The van der Waals surface area contributed by atoms with Gasteiger partial charge in [-0.3, -0.25) is 43.2 Å². The monoisotopic (exact) mass is 977 g/mol. The molecule has 0 aromatic heterocycles. The van der Waals surface area contributed by atoms with Crippen molar-refractivity contribution in [3.63, 3.8) is 0 Å². The predicted molar refractivity (Wildman–Crippen MR) is 253 cm³/mol. The van der Waals surface area contributed by atoms with E-state index in [1.54, 1.807) is 31.2 Å². The predicted octanol–water partition coefficient (Wildman–Crippen LogP) is -1.87. The number of aliphatic hydroxyl groups is 1. The normalized spacial score (nSPS) is 18.3. The Hall–Kier alpha value is -5.46. The number of aliphatic imine (C=N–C) groups is 1. The van der Waals surface area contributed by atoms with Crippen LogP contribution in [-0.4, -0.2) is 156 Å². The fraction of sp³-hybridized carbons (Fsp3) is 0.628. The smallest absolute Gasteiger partial charge is 0.250 e. The lowest BCUT2D eigenvalue weighted by Crippen LogP contribution is -2.63. The van der Waals surface area contributed by atoms with Crippen LogP contribution >= 0.6 is 21.6 Å². The molecule has 0 saturated carbocycles. The van der Waals surface area contributed by atoms with Crippen LogP contribution in [0, 0.1) is 5.92 Å². The van der Waals surface area contributed by atoms with Gasteiger partial charge in [0.15, 0.2) is 0 Å². The third kappa shape index (κ3) is 18.3. The number of hydrogen-bond acceptors (Lipinski definition) is 15. The molecule has 1 saturated heterocycles. The molecule has 1 fully saturated rings. The van der Waals surface area contributed by atoms with Crippen molar-refractivity contribution in [3.05, 3.63) is 29.8 Å². The highest BCUT2D eigenvalue weighted by molar-refractivity contribution is 8.76. The Kier molecular flexibility index (Phi) is 23.9. The molecule has 2 aliphatic heterocycles. The molecular formula is C43H67N11O11S2. The summed E-state index contributed by atoms with van der Waals surface area (Å²) in [7, 11) is 3.01. The van der Waals surface area contributed by atoms with E-state index < -0.39 is 115 Å². The van der Waals surface area contributed by atoms with Crippen LogP contribution in [0.3, 0.4) is 0 Å². The van der Waals surface area contributed by atoms with E-state index in [0.29, 0.717) is 37.4 Å². The maximum atomic E-state index is 14.1. The number of rotatable bonds is 28. The molecule has 1 aromatic carbocycles. The average Bonchev–Trinajstić information content (AvgIpc) is 3.80. The number of likely N-dealkylation sites (tertiary alicyclic amines) is 1. The van der Waals surface area contributed by atoms with Crippen molar-refractivity contribution in [3.8, 4) is 5.75 Å². The van der Waals surface area contributed by atoms with Gasteiger partial charge < -0.3 is 63.4 Å². The molecule has 24 heteroatoms. The van der Waals surface area contributed by atoms with Crippen LogP contribution in [0.2, 0.25) is 0 Å². The van der Waals surface area contributed by atoms with E-state index in [2.05, 4.69) is 42.2 Å². The zero-order valence-electron chi connectivity index (χ0n) is 38.7. The first kappa shape index (κ1) is 55.9. The van der Waals surface area contributed by atoms with Gasteiger partial charge in [0.05, 0.1) is 32.2 Å². The van der Waals surface area contributed by atoms with Crippen molar-refractivity contribution in [1.82, 2.24) is 42.1 Å². The Morgan fingerprint density at radius 1 is 0.940 bits per heavy atom. The summed E-state index contributed by atoms with van der Waals surface area (Å²) >= 11 is 0. The molecule has 8 atom stereocenters. The Bertz CT molecular complexity index is 1920. The molecular weight excluding hydrogens is 911 g/mol. The summed E-state index contributed by atoms with van der Waals surface area (Å²) in [5.74, 6) is -5.39. The second-order valence-corrected chi connectivity index (χ2v) is 18.9. The number of primary amides is 1. The highest BCUT2D eigenvalue weighted by atomic mass is 33.1. The summed E-state index contributed by atoms with van der Waals surface area (Å²) in [5, 5.41) is 29.5. The highest BCUT2D eigenvalue weighted by Crippen LogP contribution is 2.20. The van der Waals surface area contributed by atoms with Gasteiger partial charge in [-0.2, -0.15) is 4.99 Å².